The second-order valence-corrected chi connectivity index (χ2v) is 7.43. The molecule has 0 amide bonds. The van der Waals surface area contributed by atoms with Crippen LogP contribution >= 0.6 is 11.6 Å². The van der Waals surface area contributed by atoms with Crippen LogP contribution < -0.4 is 0 Å². The van der Waals surface area contributed by atoms with E-state index >= 15 is 0 Å². The van der Waals surface area contributed by atoms with Crippen LogP contribution in [0.5, 0.6) is 0 Å². The minimum Gasteiger partial charge on any atom is -0.461 e. The number of ether oxygens (including phenoxy) is 3. The molecule has 4 heterocycles. The summed E-state index contributed by atoms with van der Waals surface area (Å²) in [6.07, 6.45) is 2.26. The van der Waals surface area contributed by atoms with Gasteiger partial charge < -0.3 is 14.2 Å². The predicted molar refractivity (Wildman–Crippen MR) is 108 cm³/mol. The molecule has 0 unspecified atom stereocenters. The van der Waals surface area contributed by atoms with E-state index in [9.17, 15) is 4.79 Å². The SMILES string of the molecule is CCOC(=O)c1cc2c(-c3cc(C)cc([C@@]4(OC)CCOC4)n3)cc(Cl)n2cn1. The minimum atomic E-state index is -0.558. The highest BCUT2D eigenvalue weighted by Gasteiger charge is 2.38. The van der Waals surface area contributed by atoms with Crippen molar-refractivity contribution in [2.24, 2.45) is 0 Å². The highest BCUT2D eigenvalue weighted by molar-refractivity contribution is 6.30. The predicted octanol–water partition coefficient (Wildman–Crippen LogP) is 3.80. The van der Waals surface area contributed by atoms with Crippen molar-refractivity contribution in [3.05, 3.63) is 52.7 Å². The van der Waals surface area contributed by atoms with Crippen LogP contribution in [-0.2, 0) is 19.8 Å². The van der Waals surface area contributed by atoms with Gasteiger partial charge in [0.15, 0.2) is 5.69 Å². The molecule has 1 fully saturated rings. The van der Waals surface area contributed by atoms with Gasteiger partial charge in [-0.15, -0.1) is 0 Å². The number of aryl methyl sites for hydroxylation is 1. The van der Waals surface area contributed by atoms with Crippen LogP contribution in [0, 0.1) is 6.92 Å². The van der Waals surface area contributed by atoms with Crippen LogP contribution in [0.15, 0.2) is 30.6 Å². The number of carbonyl (C=O) groups is 1. The number of halogens is 1. The summed E-state index contributed by atoms with van der Waals surface area (Å²) in [4.78, 5) is 21.2. The van der Waals surface area contributed by atoms with Gasteiger partial charge in [0.1, 0.15) is 17.1 Å². The van der Waals surface area contributed by atoms with Gasteiger partial charge >= 0.3 is 5.97 Å². The maximum Gasteiger partial charge on any atom is 0.357 e. The summed E-state index contributed by atoms with van der Waals surface area (Å²) in [5.41, 5.74) is 3.81. The highest BCUT2D eigenvalue weighted by Crippen LogP contribution is 2.36. The van der Waals surface area contributed by atoms with Crippen molar-refractivity contribution in [1.82, 2.24) is 14.4 Å². The van der Waals surface area contributed by atoms with Crippen LogP contribution in [0.25, 0.3) is 16.8 Å². The van der Waals surface area contributed by atoms with Gasteiger partial charge in [-0.05, 0) is 43.7 Å². The average molecular weight is 416 g/mol. The number of fused-ring (bicyclic) bond motifs is 1. The molecule has 1 atom stereocenters. The maximum atomic E-state index is 12.1. The summed E-state index contributed by atoms with van der Waals surface area (Å²) in [6.45, 7) is 5.15. The van der Waals surface area contributed by atoms with Crippen molar-refractivity contribution in [2.75, 3.05) is 26.9 Å². The topological polar surface area (TPSA) is 75.0 Å². The zero-order valence-corrected chi connectivity index (χ0v) is 17.3. The van der Waals surface area contributed by atoms with E-state index in [-0.39, 0.29) is 12.3 Å². The second-order valence-electron chi connectivity index (χ2n) is 7.05. The summed E-state index contributed by atoms with van der Waals surface area (Å²) in [5.74, 6) is -0.474. The van der Waals surface area contributed by atoms with Crippen molar-refractivity contribution in [3.63, 3.8) is 0 Å². The van der Waals surface area contributed by atoms with E-state index in [1.807, 2.05) is 25.1 Å². The van der Waals surface area contributed by atoms with Crippen LogP contribution in [0.4, 0.5) is 0 Å². The third-order valence-corrected chi connectivity index (χ3v) is 5.48. The van der Waals surface area contributed by atoms with Gasteiger partial charge in [0.25, 0.3) is 0 Å². The molecular weight excluding hydrogens is 394 g/mol. The Labute approximate surface area is 173 Å². The highest BCUT2D eigenvalue weighted by atomic mass is 35.5. The van der Waals surface area contributed by atoms with Crippen molar-refractivity contribution >= 4 is 23.1 Å². The molecule has 0 spiro atoms. The summed E-state index contributed by atoms with van der Waals surface area (Å²) in [7, 11) is 1.68. The maximum absolute atomic E-state index is 12.1. The average Bonchev–Trinajstić information content (AvgIpc) is 3.33. The first-order chi connectivity index (χ1) is 14.0. The molecule has 0 saturated carbocycles. The molecule has 29 heavy (non-hydrogen) atoms. The standard InChI is InChI=1S/C21H22ClN3O4/c1-4-29-20(26)16-10-17-14(9-19(22)25(17)12-23-16)15-7-13(2)8-18(24-15)21(27-3)5-6-28-11-21/h7-10,12H,4-6,11H2,1-3H3/t21-/m1/s1. The van der Waals surface area contributed by atoms with Gasteiger partial charge in [0.2, 0.25) is 0 Å². The normalized spacial score (nSPS) is 19.0. The Balaban J connectivity index is 1.86. The number of esters is 1. The molecule has 7 nitrogen and oxygen atoms in total. The van der Waals surface area contributed by atoms with E-state index in [4.69, 9.17) is 30.8 Å². The Kier molecular flexibility index (Phi) is 5.29. The fraction of sp³-hybridized carbons (Fsp3) is 0.381. The van der Waals surface area contributed by atoms with Gasteiger partial charge in [0.05, 0.1) is 30.1 Å². The number of nitrogens with zero attached hydrogens (tertiary/aromatic N) is 3. The van der Waals surface area contributed by atoms with E-state index in [2.05, 4.69) is 4.98 Å². The fourth-order valence-corrected chi connectivity index (χ4v) is 3.88. The Morgan fingerprint density at radius 1 is 1.34 bits per heavy atom. The molecule has 8 heteroatoms. The van der Waals surface area contributed by atoms with Crippen LogP contribution in [-0.4, -0.2) is 47.3 Å². The van der Waals surface area contributed by atoms with E-state index in [0.29, 0.717) is 18.4 Å². The Morgan fingerprint density at radius 3 is 2.86 bits per heavy atom. The number of aromatic nitrogens is 3. The number of methoxy groups -OCH3 is 1. The first-order valence-corrected chi connectivity index (χ1v) is 9.81. The lowest BCUT2D eigenvalue weighted by molar-refractivity contribution is -0.0245. The molecule has 3 aromatic rings. The molecule has 4 rings (SSSR count). The first kappa shape index (κ1) is 19.8. The number of hydrogen-bond donors (Lipinski definition) is 0. The zero-order chi connectivity index (χ0) is 20.6. The van der Waals surface area contributed by atoms with Crippen molar-refractivity contribution in [3.8, 4) is 11.3 Å². The smallest absolute Gasteiger partial charge is 0.357 e. The molecule has 0 bridgehead atoms. The van der Waals surface area contributed by atoms with Crippen molar-refractivity contribution in [1.29, 1.82) is 0 Å². The number of rotatable bonds is 5. The Bertz CT molecular complexity index is 1070. The summed E-state index contributed by atoms with van der Waals surface area (Å²) >= 11 is 6.42. The molecule has 0 aromatic carbocycles. The lowest BCUT2D eigenvalue weighted by Gasteiger charge is -2.26. The molecule has 3 aromatic heterocycles. The van der Waals surface area contributed by atoms with Crippen molar-refractivity contribution in [2.45, 2.75) is 25.9 Å². The Hall–Kier alpha value is -2.48. The summed E-state index contributed by atoms with van der Waals surface area (Å²) < 4.78 is 18.2. The van der Waals surface area contributed by atoms with E-state index in [0.717, 1.165) is 34.5 Å². The molecule has 1 aliphatic rings. The first-order valence-electron chi connectivity index (χ1n) is 9.43. The lowest BCUT2D eigenvalue weighted by atomic mass is 9.95. The zero-order valence-electron chi connectivity index (χ0n) is 16.6. The molecular formula is C21H22ClN3O4. The third-order valence-electron chi connectivity index (χ3n) is 5.19. The molecule has 1 aliphatic heterocycles. The van der Waals surface area contributed by atoms with Crippen LogP contribution in [0.2, 0.25) is 5.15 Å². The third kappa shape index (κ3) is 3.50. The second kappa shape index (κ2) is 7.74. The number of carbonyl (C=O) groups excluding carboxylic acids is 1. The molecule has 152 valence electrons. The van der Waals surface area contributed by atoms with Gasteiger partial charge in [0, 0.05) is 25.7 Å². The summed E-state index contributed by atoms with van der Waals surface area (Å²) in [5, 5.41) is 0.480. The van der Waals surface area contributed by atoms with E-state index < -0.39 is 11.6 Å². The molecule has 0 radical (unpaired) electrons. The molecule has 0 aliphatic carbocycles. The number of hydrogen-bond acceptors (Lipinski definition) is 6. The van der Waals surface area contributed by atoms with Gasteiger partial charge in [-0.2, -0.15) is 0 Å². The molecule has 0 N–H and O–H groups in total. The quantitative estimate of drug-likeness (QED) is 0.590. The Morgan fingerprint density at radius 2 is 2.17 bits per heavy atom. The minimum absolute atomic E-state index is 0.223. The lowest BCUT2D eigenvalue weighted by Crippen LogP contribution is -2.30. The molecule has 1 saturated heterocycles. The number of pyridine rings is 1. The van der Waals surface area contributed by atoms with E-state index in [1.165, 1.54) is 6.33 Å². The monoisotopic (exact) mass is 415 g/mol. The van der Waals surface area contributed by atoms with Crippen LogP contribution in [0.1, 0.15) is 35.1 Å². The largest absolute Gasteiger partial charge is 0.461 e. The van der Waals surface area contributed by atoms with Gasteiger partial charge in [-0.1, -0.05) is 11.6 Å². The fourth-order valence-electron chi connectivity index (χ4n) is 3.63. The van der Waals surface area contributed by atoms with Gasteiger partial charge in [-0.25, -0.2) is 14.8 Å². The summed E-state index contributed by atoms with van der Waals surface area (Å²) in [6, 6.07) is 7.50. The van der Waals surface area contributed by atoms with E-state index in [1.54, 1.807) is 24.5 Å². The van der Waals surface area contributed by atoms with Gasteiger partial charge in [-0.3, -0.25) is 4.40 Å². The van der Waals surface area contributed by atoms with Crippen LogP contribution in [0.3, 0.4) is 0 Å². The van der Waals surface area contributed by atoms with Crippen molar-refractivity contribution < 1.29 is 19.0 Å².